The van der Waals surface area contributed by atoms with Gasteiger partial charge in [-0.2, -0.15) is 0 Å². The topological polar surface area (TPSA) is 54.5 Å². The van der Waals surface area contributed by atoms with Gasteiger partial charge >= 0.3 is 0 Å². The van der Waals surface area contributed by atoms with Gasteiger partial charge in [-0.3, -0.25) is 4.79 Å². The maximum atomic E-state index is 13.0. The van der Waals surface area contributed by atoms with E-state index in [1.54, 1.807) is 0 Å². The summed E-state index contributed by atoms with van der Waals surface area (Å²) in [4.78, 5) is 14.5. The first-order chi connectivity index (χ1) is 12.0. The molecule has 4 nitrogen and oxygen atoms in total. The predicted molar refractivity (Wildman–Crippen MR) is 94.4 cm³/mol. The molecule has 0 atom stereocenters. The molecule has 1 saturated heterocycles. The Morgan fingerprint density at radius 3 is 2.20 bits per heavy atom. The lowest BCUT2D eigenvalue weighted by Gasteiger charge is -2.33. The average Bonchev–Trinajstić information content (AvgIpc) is 2.63. The molecule has 0 bridgehead atoms. The summed E-state index contributed by atoms with van der Waals surface area (Å²) in [5, 5.41) is -0.489. The number of carbonyl (C=O) groups is 1. The van der Waals surface area contributed by atoms with Crippen LogP contribution in [0.15, 0.2) is 29.2 Å². The molecule has 0 radical (unpaired) electrons. The van der Waals surface area contributed by atoms with Gasteiger partial charge in [0.25, 0.3) is 0 Å². The van der Waals surface area contributed by atoms with Crippen molar-refractivity contribution in [2.75, 3.05) is 13.1 Å². The van der Waals surface area contributed by atoms with Crippen LogP contribution in [0.25, 0.3) is 0 Å². The van der Waals surface area contributed by atoms with Crippen LogP contribution in [0.3, 0.4) is 0 Å². The van der Waals surface area contributed by atoms with E-state index in [1.807, 2.05) is 4.90 Å². The number of benzene rings is 1. The van der Waals surface area contributed by atoms with Crippen LogP contribution in [0, 0.1) is 11.7 Å². The number of amides is 1. The largest absolute Gasteiger partial charge is 0.343 e. The van der Waals surface area contributed by atoms with Crippen molar-refractivity contribution in [3.05, 3.63) is 30.1 Å². The Morgan fingerprint density at radius 2 is 1.60 bits per heavy atom. The lowest BCUT2D eigenvalue weighted by atomic mass is 9.86. The molecule has 1 aromatic carbocycles. The molecule has 1 aliphatic carbocycles. The minimum Gasteiger partial charge on any atom is -0.343 e. The standard InChI is InChI=1S/C19H26FNO3S/c20-16-6-8-17(9-7-16)25(23,24)18-10-12-21(13-11-18)19(22)14-15-4-2-1-3-5-15/h6-9,15,18H,1-5,10-14H2. The van der Waals surface area contributed by atoms with E-state index in [0.717, 1.165) is 12.8 Å². The highest BCUT2D eigenvalue weighted by Gasteiger charge is 2.33. The lowest BCUT2D eigenvalue weighted by molar-refractivity contribution is -0.133. The molecule has 1 amide bonds. The monoisotopic (exact) mass is 367 g/mol. The van der Waals surface area contributed by atoms with Gasteiger partial charge in [0.15, 0.2) is 9.84 Å². The number of carbonyl (C=O) groups excluding carboxylic acids is 1. The first kappa shape index (κ1) is 18.4. The third kappa shape index (κ3) is 4.40. The Hall–Kier alpha value is -1.43. The molecule has 2 fully saturated rings. The van der Waals surface area contributed by atoms with Crippen molar-refractivity contribution in [3.63, 3.8) is 0 Å². The van der Waals surface area contributed by atoms with Crippen molar-refractivity contribution >= 4 is 15.7 Å². The van der Waals surface area contributed by atoms with Crippen LogP contribution in [-0.4, -0.2) is 37.6 Å². The molecule has 6 heteroatoms. The number of rotatable bonds is 4. The molecular formula is C19H26FNO3S. The van der Waals surface area contributed by atoms with E-state index in [2.05, 4.69) is 0 Å². The summed E-state index contributed by atoms with van der Waals surface area (Å²) < 4.78 is 38.3. The number of nitrogens with zero attached hydrogens (tertiary/aromatic N) is 1. The van der Waals surface area contributed by atoms with Gasteiger partial charge in [0.2, 0.25) is 5.91 Å². The number of hydrogen-bond acceptors (Lipinski definition) is 3. The van der Waals surface area contributed by atoms with Crippen LogP contribution >= 0.6 is 0 Å². The Kier molecular flexibility index (Phi) is 5.77. The van der Waals surface area contributed by atoms with Gasteiger partial charge in [0.1, 0.15) is 5.82 Å². The fourth-order valence-corrected chi connectivity index (χ4v) is 5.73. The summed E-state index contributed by atoms with van der Waals surface area (Å²) in [6.07, 6.45) is 7.51. The Bertz CT molecular complexity index is 688. The molecule has 0 N–H and O–H groups in total. The maximum Gasteiger partial charge on any atom is 0.222 e. The number of sulfone groups is 1. The Balaban J connectivity index is 1.55. The summed E-state index contributed by atoms with van der Waals surface area (Å²) in [7, 11) is -3.46. The molecule has 2 aliphatic rings. The molecule has 3 rings (SSSR count). The van der Waals surface area contributed by atoms with Crippen LogP contribution < -0.4 is 0 Å². The zero-order valence-corrected chi connectivity index (χ0v) is 15.3. The van der Waals surface area contributed by atoms with Crippen LogP contribution in [0.1, 0.15) is 51.4 Å². The van der Waals surface area contributed by atoms with Crippen molar-refractivity contribution in [2.45, 2.75) is 61.5 Å². The van der Waals surface area contributed by atoms with Crippen molar-refractivity contribution in [2.24, 2.45) is 5.92 Å². The summed E-state index contributed by atoms with van der Waals surface area (Å²) in [6, 6.07) is 5.00. The molecule has 138 valence electrons. The second-order valence-electron chi connectivity index (χ2n) is 7.29. The fourth-order valence-electron chi connectivity index (χ4n) is 4.00. The van der Waals surface area contributed by atoms with E-state index in [-0.39, 0.29) is 10.8 Å². The SMILES string of the molecule is O=C(CC1CCCCC1)N1CCC(S(=O)(=O)c2ccc(F)cc2)CC1. The second kappa shape index (κ2) is 7.85. The Labute approximate surface area is 149 Å². The first-order valence-electron chi connectivity index (χ1n) is 9.24. The van der Waals surface area contributed by atoms with Crippen LogP contribution in [0.2, 0.25) is 0 Å². The van der Waals surface area contributed by atoms with E-state index in [4.69, 9.17) is 0 Å². The van der Waals surface area contributed by atoms with Crippen molar-refractivity contribution in [1.82, 2.24) is 4.90 Å². The second-order valence-corrected chi connectivity index (χ2v) is 9.52. The van der Waals surface area contributed by atoms with Crippen molar-refractivity contribution in [1.29, 1.82) is 0 Å². The van der Waals surface area contributed by atoms with Crippen LogP contribution in [-0.2, 0) is 14.6 Å². The first-order valence-corrected chi connectivity index (χ1v) is 10.8. The van der Waals surface area contributed by atoms with Gasteiger partial charge in [-0.05, 0) is 55.9 Å². The highest BCUT2D eigenvalue weighted by Crippen LogP contribution is 2.29. The number of hydrogen-bond donors (Lipinski definition) is 0. The lowest BCUT2D eigenvalue weighted by Crippen LogP contribution is -2.43. The van der Waals surface area contributed by atoms with Crippen molar-refractivity contribution < 1.29 is 17.6 Å². The molecule has 0 aromatic heterocycles. The minimum absolute atomic E-state index is 0.167. The summed E-state index contributed by atoms with van der Waals surface area (Å²) >= 11 is 0. The van der Waals surface area contributed by atoms with E-state index >= 15 is 0 Å². The van der Waals surface area contributed by atoms with Gasteiger partial charge < -0.3 is 4.90 Å². The molecule has 0 unspecified atom stereocenters. The third-order valence-electron chi connectivity index (χ3n) is 5.56. The molecule has 1 saturated carbocycles. The zero-order chi connectivity index (χ0) is 17.9. The van der Waals surface area contributed by atoms with Crippen LogP contribution in [0.4, 0.5) is 4.39 Å². The average molecular weight is 367 g/mol. The maximum absolute atomic E-state index is 13.0. The van der Waals surface area contributed by atoms with Gasteiger partial charge in [0.05, 0.1) is 10.1 Å². The number of piperidine rings is 1. The summed E-state index contributed by atoms with van der Waals surface area (Å²) in [5.74, 6) is 0.230. The minimum atomic E-state index is -3.46. The molecule has 1 aliphatic heterocycles. The van der Waals surface area contributed by atoms with Gasteiger partial charge in [0, 0.05) is 19.5 Å². The van der Waals surface area contributed by atoms with E-state index < -0.39 is 20.9 Å². The molecule has 25 heavy (non-hydrogen) atoms. The predicted octanol–water partition coefficient (Wildman–Crippen LogP) is 3.56. The van der Waals surface area contributed by atoms with Gasteiger partial charge in [-0.1, -0.05) is 19.3 Å². The molecular weight excluding hydrogens is 341 g/mol. The number of likely N-dealkylation sites (tertiary alicyclic amines) is 1. The molecule has 1 aromatic rings. The third-order valence-corrected chi connectivity index (χ3v) is 7.84. The smallest absolute Gasteiger partial charge is 0.222 e. The normalized spacial score (nSPS) is 20.6. The molecule has 0 spiro atoms. The van der Waals surface area contributed by atoms with Crippen LogP contribution in [0.5, 0.6) is 0 Å². The highest BCUT2D eigenvalue weighted by atomic mass is 32.2. The number of halogens is 1. The fraction of sp³-hybridized carbons (Fsp3) is 0.632. The van der Waals surface area contributed by atoms with Crippen molar-refractivity contribution in [3.8, 4) is 0 Å². The van der Waals surface area contributed by atoms with E-state index in [0.29, 0.717) is 38.3 Å². The van der Waals surface area contributed by atoms with E-state index in [1.165, 1.54) is 43.5 Å². The summed E-state index contributed by atoms with van der Waals surface area (Å²) in [6.45, 7) is 0.993. The summed E-state index contributed by atoms with van der Waals surface area (Å²) in [5.41, 5.74) is 0. The quantitative estimate of drug-likeness (QED) is 0.765. The zero-order valence-electron chi connectivity index (χ0n) is 14.5. The highest BCUT2D eigenvalue weighted by molar-refractivity contribution is 7.92. The van der Waals surface area contributed by atoms with Gasteiger partial charge in [-0.25, -0.2) is 12.8 Å². The van der Waals surface area contributed by atoms with E-state index in [9.17, 15) is 17.6 Å². The van der Waals surface area contributed by atoms with Gasteiger partial charge in [-0.15, -0.1) is 0 Å². The Morgan fingerprint density at radius 1 is 1.00 bits per heavy atom. The molecule has 1 heterocycles.